The van der Waals surface area contributed by atoms with Gasteiger partial charge in [-0.05, 0) is 26.3 Å². The van der Waals surface area contributed by atoms with E-state index in [-0.39, 0.29) is 11.4 Å². The quantitative estimate of drug-likeness (QED) is 0.451. The van der Waals surface area contributed by atoms with Crippen LogP contribution < -0.4 is 10.6 Å². The summed E-state index contributed by atoms with van der Waals surface area (Å²) in [4.78, 5) is 11.1. The molecule has 3 nitrogen and oxygen atoms in total. The summed E-state index contributed by atoms with van der Waals surface area (Å²) in [5, 5.41) is 6.09. The maximum absolute atomic E-state index is 11.1. The van der Waals surface area contributed by atoms with Crippen molar-refractivity contribution in [2.45, 2.75) is 31.3 Å². The molecule has 10 heavy (non-hydrogen) atoms. The van der Waals surface area contributed by atoms with Crippen molar-refractivity contribution in [2.75, 3.05) is 6.54 Å². The highest BCUT2D eigenvalue weighted by molar-refractivity contribution is 5.94. The fraction of sp³-hybridized carbons (Fsp3) is 0.857. The van der Waals surface area contributed by atoms with Crippen LogP contribution in [0.5, 0.6) is 0 Å². The Morgan fingerprint density at radius 2 is 2.50 bits per heavy atom. The molecule has 0 aromatic heterocycles. The van der Waals surface area contributed by atoms with E-state index >= 15 is 0 Å². The molecule has 2 atom stereocenters. The Hall–Kier alpha value is -0.570. The van der Waals surface area contributed by atoms with E-state index in [1.165, 1.54) is 0 Å². The maximum atomic E-state index is 11.1. The average Bonchev–Trinajstić information content (AvgIpc) is 2.37. The van der Waals surface area contributed by atoms with Crippen LogP contribution in [0.15, 0.2) is 0 Å². The second-order valence-electron chi connectivity index (χ2n) is 3.20. The maximum Gasteiger partial charge on any atom is 0.242 e. The van der Waals surface area contributed by atoms with Gasteiger partial charge >= 0.3 is 0 Å². The Morgan fingerprint density at radius 3 is 2.80 bits per heavy atom. The molecule has 0 radical (unpaired) electrons. The highest BCUT2D eigenvalue weighted by Crippen LogP contribution is 2.29. The molecular formula is C7H12N2O. The summed E-state index contributed by atoms with van der Waals surface area (Å²) < 4.78 is 0. The van der Waals surface area contributed by atoms with Gasteiger partial charge in [-0.3, -0.25) is 4.79 Å². The van der Waals surface area contributed by atoms with Crippen LogP contribution in [0, 0.1) is 0 Å². The molecule has 2 aliphatic rings. The first kappa shape index (κ1) is 6.16. The molecule has 0 unspecified atom stereocenters. The Labute approximate surface area is 60.2 Å². The fourth-order valence-electron chi connectivity index (χ4n) is 1.90. The van der Waals surface area contributed by atoms with Gasteiger partial charge in [-0.1, -0.05) is 0 Å². The molecule has 1 spiro atoms. The molecule has 0 aliphatic carbocycles. The van der Waals surface area contributed by atoms with E-state index < -0.39 is 0 Å². The third-order valence-electron chi connectivity index (χ3n) is 2.68. The highest BCUT2D eigenvalue weighted by Gasteiger charge is 2.53. The zero-order valence-electron chi connectivity index (χ0n) is 6.11. The molecule has 0 aromatic carbocycles. The first-order chi connectivity index (χ1) is 4.76. The Morgan fingerprint density at radius 1 is 1.70 bits per heavy atom. The lowest BCUT2D eigenvalue weighted by molar-refractivity contribution is -0.138. The van der Waals surface area contributed by atoms with E-state index in [1.54, 1.807) is 0 Å². The Balaban J connectivity index is 2.19. The second-order valence-corrected chi connectivity index (χ2v) is 3.20. The summed E-state index contributed by atoms with van der Waals surface area (Å²) in [6.07, 6.45) is 2.15. The molecular weight excluding hydrogens is 128 g/mol. The van der Waals surface area contributed by atoms with E-state index in [2.05, 4.69) is 17.6 Å². The van der Waals surface area contributed by atoms with Gasteiger partial charge in [0.1, 0.15) is 5.54 Å². The van der Waals surface area contributed by atoms with E-state index in [4.69, 9.17) is 0 Å². The van der Waals surface area contributed by atoms with Crippen LogP contribution in [0.3, 0.4) is 0 Å². The van der Waals surface area contributed by atoms with Crippen LogP contribution in [-0.2, 0) is 4.79 Å². The number of carbonyl (C=O) groups is 1. The average molecular weight is 140 g/mol. The highest BCUT2D eigenvalue weighted by atomic mass is 16.2. The minimum atomic E-state index is -0.167. The summed E-state index contributed by atoms with van der Waals surface area (Å²) in [7, 11) is 0. The molecule has 3 heteroatoms. The lowest BCUT2D eigenvalue weighted by Gasteiger charge is -2.44. The first-order valence-corrected chi connectivity index (χ1v) is 3.82. The van der Waals surface area contributed by atoms with Crippen LogP contribution >= 0.6 is 0 Å². The number of hydrogen-bond acceptors (Lipinski definition) is 2. The van der Waals surface area contributed by atoms with Crippen molar-refractivity contribution in [1.82, 2.24) is 10.6 Å². The minimum absolute atomic E-state index is 0.167. The zero-order chi connectivity index (χ0) is 7.19. The van der Waals surface area contributed by atoms with Gasteiger partial charge in [0.2, 0.25) is 5.91 Å². The molecule has 2 fully saturated rings. The van der Waals surface area contributed by atoms with Crippen molar-refractivity contribution in [1.29, 1.82) is 0 Å². The van der Waals surface area contributed by atoms with Crippen molar-refractivity contribution in [3.8, 4) is 0 Å². The zero-order valence-corrected chi connectivity index (χ0v) is 6.11. The predicted molar refractivity (Wildman–Crippen MR) is 37.6 cm³/mol. The van der Waals surface area contributed by atoms with Crippen LogP contribution in [-0.4, -0.2) is 24.0 Å². The van der Waals surface area contributed by atoms with Gasteiger partial charge in [-0.2, -0.15) is 0 Å². The number of nitrogens with one attached hydrogen (secondary N) is 2. The van der Waals surface area contributed by atoms with E-state index in [0.29, 0.717) is 6.04 Å². The summed E-state index contributed by atoms with van der Waals surface area (Å²) in [6.45, 7) is 3.05. The molecule has 2 aliphatic heterocycles. The van der Waals surface area contributed by atoms with Crippen LogP contribution in [0.4, 0.5) is 0 Å². The van der Waals surface area contributed by atoms with Crippen molar-refractivity contribution >= 4 is 5.91 Å². The first-order valence-electron chi connectivity index (χ1n) is 3.82. The van der Waals surface area contributed by atoms with Gasteiger partial charge in [0.25, 0.3) is 0 Å². The van der Waals surface area contributed by atoms with Crippen molar-refractivity contribution in [3.63, 3.8) is 0 Å². The molecule has 1 amide bonds. The van der Waals surface area contributed by atoms with Gasteiger partial charge < -0.3 is 10.6 Å². The fourth-order valence-corrected chi connectivity index (χ4v) is 1.90. The normalized spacial score (nSPS) is 45.3. The van der Waals surface area contributed by atoms with Gasteiger partial charge in [0, 0.05) is 0 Å². The number of hydrogen-bond donors (Lipinski definition) is 2. The standard InChI is InChI=1S/C7H12N2O/c1-5-7(6(10)9-5)3-2-4-8-7/h5,8H,2-4H2,1H3,(H,9,10)/t5-,7+/m0/s1. The number of amides is 1. The molecule has 0 saturated carbocycles. The van der Waals surface area contributed by atoms with Gasteiger partial charge in [-0.15, -0.1) is 0 Å². The summed E-state index contributed by atoms with van der Waals surface area (Å²) >= 11 is 0. The van der Waals surface area contributed by atoms with Crippen LogP contribution in [0.2, 0.25) is 0 Å². The van der Waals surface area contributed by atoms with Crippen molar-refractivity contribution in [2.24, 2.45) is 0 Å². The molecule has 2 N–H and O–H groups in total. The number of β-lactam (4-membered cyclic amide) rings is 1. The summed E-state index contributed by atoms with van der Waals surface area (Å²) in [5.41, 5.74) is -0.167. The number of carbonyl (C=O) groups excluding carboxylic acids is 1. The molecule has 2 saturated heterocycles. The summed E-state index contributed by atoms with van der Waals surface area (Å²) in [6, 6.07) is 0.336. The van der Waals surface area contributed by atoms with Crippen LogP contribution in [0.1, 0.15) is 19.8 Å². The Bertz CT molecular complexity index is 172. The van der Waals surface area contributed by atoms with E-state index in [1.807, 2.05) is 0 Å². The molecule has 56 valence electrons. The minimum Gasteiger partial charge on any atom is -0.350 e. The van der Waals surface area contributed by atoms with Crippen molar-refractivity contribution in [3.05, 3.63) is 0 Å². The Kier molecular flexibility index (Phi) is 1.06. The molecule has 0 bridgehead atoms. The van der Waals surface area contributed by atoms with Gasteiger partial charge in [-0.25, -0.2) is 0 Å². The molecule has 2 rings (SSSR count). The monoisotopic (exact) mass is 140 g/mol. The summed E-state index contributed by atoms with van der Waals surface area (Å²) in [5.74, 6) is 0.192. The third-order valence-corrected chi connectivity index (χ3v) is 2.68. The molecule has 2 heterocycles. The van der Waals surface area contributed by atoms with E-state index in [9.17, 15) is 4.79 Å². The third kappa shape index (κ3) is 0.515. The SMILES string of the molecule is C[C@@H]1NC(=O)[C@@]12CCCN2. The van der Waals surface area contributed by atoms with Crippen molar-refractivity contribution < 1.29 is 4.79 Å². The van der Waals surface area contributed by atoms with Gasteiger partial charge in [0.05, 0.1) is 6.04 Å². The smallest absolute Gasteiger partial charge is 0.242 e. The lowest BCUT2D eigenvalue weighted by atomic mass is 9.81. The topological polar surface area (TPSA) is 41.1 Å². The molecule has 0 aromatic rings. The number of rotatable bonds is 0. The van der Waals surface area contributed by atoms with Gasteiger partial charge in [0.15, 0.2) is 0 Å². The lowest BCUT2D eigenvalue weighted by Crippen LogP contribution is -2.75. The second kappa shape index (κ2) is 1.72. The largest absolute Gasteiger partial charge is 0.350 e. The predicted octanol–water partition coefficient (Wildman–Crippen LogP) is -0.373. The van der Waals surface area contributed by atoms with E-state index in [0.717, 1.165) is 19.4 Å². The van der Waals surface area contributed by atoms with Crippen LogP contribution in [0.25, 0.3) is 0 Å².